The van der Waals surface area contributed by atoms with Gasteiger partial charge in [0, 0.05) is 30.7 Å². The van der Waals surface area contributed by atoms with Gasteiger partial charge in [-0.15, -0.1) is 0 Å². The van der Waals surface area contributed by atoms with E-state index in [4.69, 9.17) is 9.88 Å². The predicted octanol–water partition coefficient (Wildman–Crippen LogP) is 2.28. The van der Waals surface area contributed by atoms with Crippen LogP contribution in [0.2, 0.25) is 0 Å². The summed E-state index contributed by atoms with van der Waals surface area (Å²) in [5, 5.41) is 8.34. The molecular formula is C20H24N4O4S. The Morgan fingerprint density at radius 2 is 1.76 bits per heavy atom. The molecule has 1 spiro atoms. The van der Waals surface area contributed by atoms with E-state index >= 15 is 0 Å². The Bertz CT molecular complexity index is 1020. The molecule has 2 aliphatic rings. The van der Waals surface area contributed by atoms with Crippen molar-refractivity contribution in [3.05, 3.63) is 54.1 Å². The van der Waals surface area contributed by atoms with Crippen molar-refractivity contribution in [3.63, 3.8) is 0 Å². The lowest BCUT2D eigenvalue weighted by molar-refractivity contribution is 0.173. The first-order valence-electron chi connectivity index (χ1n) is 9.42. The van der Waals surface area contributed by atoms with Crippen LogP contribution >= 0.6 is 0 Å². The van der Waals surface area contributed by atoms with Crippen LogP contribution < -0.4 is 19.5 Å². The standard InChI is InChI=1S/C20H24N4O4S/c1-28-16-8-6-15(7-9-16)22-19(25)23-12-10-20(11-13-23)14-24(29(21,26)27)18-5-3-2-4-17(18)20/h2-9H,10-14H2,1H3,(H,22,25)(H2,21,26,27). The van der Waals surface area contributed by atoms with Gasteiger partial charge >= 0.3 is 6.03 Å². The molecule has 1 fully saturated rings. The number of para-hydroxylation sites is 1. The van der Waals surface area contributed by atoms with Gasteiger partial charge in [-0.1, -0.05) is 18.2 Å². The molecule has 0 aromatic heterocycles. The third kappa shape index (κ3) is 3.63. The number of urea groups is 1. The molecule has 0 atom stereocenters. The number of carbonyl (C=O) groups excluding carboxylic acids is 1. The molecule has 2 aliphatic heterocycles. The highest BCUT2D eigenvalue weighted by atomic mass is 32.2. The summed E-state index contributed by atoms with van der Waals surface area (Å²) in [7, 11) is -2.24. The van der Waals surface area contributed by atoms with Gasteiger partial charge in [0.25, 0.3) is 10.2 Å². The maximum absolute atomic E-state index is 12.7. The van der Waals surface area contributed by atoms with Crippen molar-refractivity contribution in [2.45, 2.75) is 18.3 Å². The molecule has 2 aromatic carbocycles. The van der Waals surface area contributed by atoms with Crippen molar-refractivity contribution in [1.29, 1.82) is 0 Å². The number of likely N-dealkylation sites (tertiary alicyclic amines) is 1. The molecule has 154 valence electrons. The minimum atomic E-state index is -3.84. The summed E-state index contributed by atoms with van der Waals surface area (Å²) < 4.78 is 30.5. The number of ether oxygens (including phenoxy) is 1. The summed E-state index contributed by atoms with van der Waals surface area (Å²) in [6, 6.07) is 14.5. The van der Waals surface area contributed by atoms with E-state index in [0.29, 0.717) is 43.9 Å². The number of carbonyl (C=O) groups is 1. The second kappa shape index (κ2) is 7.23. The summed E-state index contributed by atoms with van der Waals surface area (Å²) in [4.78, 5) is 14.4. The largest absolute Gasteiger partial charge is 0.497 e. The van der Waals surface area contributed by atoms with Crippen LogP contribution in [-0.4, -0.2) is 46.1 Å². The van der Waals surface area contributed by atoms with E-state index in [9.17, 15) is 13.2 Å². The molecule has 8 nitrogen and oxygen atoms in total. The Morgan fingerprint density at radius 3 is 2.38 bits per heavy atom. The molecule has 3 N–H and O–H groups in total. The van der Waals surface area contributed by atoms with Crippen molar-refractivity contribution < 1.29 is 17.9 Å². The summed E-state index contributed by atoms with van der Waals surface area (Å²) in [5.41, 5.74) is 2.01. The quantitative estimate of drug-likeness (QED) is 0.801. The van der Waals surface area contributed by atoms with E-state index in [1.54, 1.807) is 42.3 Å². The van der Waals surface area contributed by atoms with E-state index < -0.39 is 10.2 Å². The van der Waals surface area contributed by atoms with Crippen LogP contribution in [0, 0.1) is 0 Å². The predicted molar refractivity (Wildman–Crippen MR) is 111 cm³/mol. The van der Waals surface area contributed by atoms with Crippen molar-refractivity contribution >= 4 is 27.6 Å². The van der Waals surface area contributed by atoms with Gasteiger partial charge in [-0.3, -0.25) is 4.31 Å². The van der Waals surface area contributed by atoms with Crippen LogP contribution in [0.5, 0.6) is 5.75 Å². The van der Waals surface area contributed by atoms with E-state index in [0.717, 1.165) is 11.3 Å². The Balaban J connectivity index is 1.47. The van der Waals surface area contributed by atoms with Gasteiger partial charge in [-0.2, -0.15) is 8.42 Å². The van der Waals surface area contributed by atoms with Gasteiger partial charge < -0.3 is 15.0 Å². The van der Waals surface area contributed by atoms with E-state index in [1.807, 2.05) is 18.2 Å². The average molecular weight is 417 g/mol. The highest BCUT2D eigenvalue weighted by Crippen LogP contribution is 2.47. The van der Waals surface area contributed by atoms with Crippen LogP contribution in [0.15, 0.2) is 48.5 Å². The van der Waals surface area contributed by atoms with Crippen LogP contribution in [0.25, 0.3) is 0 Å². The number of hydrogen-bond acceptors (Lipinski definition) is 4. The fraction of sp³-hybridized carbons (Fsp3) is 0.350. The molecule has 0 unspecified atom stereocenters. The molecule has 0 aliphatic carbocycles. The number of fused-ring (bicyclic) bond motifs is 2. The molecular weight excluding hydrogens is 392 g/mol. The molecule has 4 rings (SSSR count). The number of amides is 2. The van der Waals surface area contributed by atoms with Crippen LogP contribution in [0.4, 0.5) is 16.2 Å². The van der Waals surface area contributed by atoms with Crippen LogP contribution in [-0.2, 0) is 15.6 Å². The summed E-state index contributed by atoms with van der Waals surface area (Å²) >= 11 is 0. The van der Waals surface area contributed by atoms with Crippen molar-refractivity contribution in [3.8, 4) is 5.75 Å². The second-order valence-electron chi connectivity index (χ2n) is 7.49. The van der Waals surface area contributed by atoms with Crippen molar-refractivity contribution in [1.82, 2.24) is 4.90 Å². The van der Waals surface area contributed by atoms with Gasteiger partial charge in [0.2, 0.25) is 0 Å². The van der Waals surface area contributed by atoms with Crippen molar-refractivity contribution in [2.75, 3.05) is 36.4 Å². The zero-order valence-corrected chi connectivity index (χ0v) is 17.0. The molecule has 1 saturated heterocycles. The molecule has 9 heteroatoms. The average Bonchev–Trinajstić information content (AvgIpc) is 3.04. The number of anilines is 2. The van der Waals surface area contributed by atoms with Gasteiger partial charge in [-0.05, 0) is 48.7 Å². The summed E-state index contributed by atoms with van der Waals surface area (Å²) in [6.07, 6.45) is 1.35. The summed E-state index contributed by atoms with van der Waals surface area (Å²) in [6.45, 7) is 1.39. The fourth-order valence-electron chi connectivity index (χ4n) is 4.25. The monoisotopic (exact) mass is 416 g/mol. The zero-order chi connectivity index (χ0) is 20.6. The number of rotatable bonds is 3. The third-order valence-corrected chi connectivity index (χ3v) is 6.79. The number of nitrogens with one attached hydrogen (secondary N) is 1. The highest BCUT2D eigenvalue weighted by Gasteiger charge is 2.47. The first kappa shape index (κ1) is 19.5. The number of benzene rings is 2. The van der Waals surface area contributed by atoms with Gasteiger partial charge in [0.05, 0.1) is 12.8 Å². The van der Waals surface area contributed by atoms with Gasteiger partial charge in [0.15, 0.2) is 0 Å². The minimum absolute atomic E-state index is 0.167. The highest BCUT2D eigenvalue weighted by molar-refractivity contribution is 7.90. The van der Waals surface area contributed by atoms with E-state index in [2.05, 4.69) is 5.32 Å². The topological polar surface area (TPSA) is 105 Å². The maximum atomic E-state index is 12.7. The molecule has 2 amide bonds. The Labute approximate surface area is 170 Å². The minimum Gasteiger partial charge on any atom is -0.497 e. The third-order valence-electron chi connectivity index (χ3n) is 5.85. The van der Waals surface area contributed by atoms with Crippen LogP contribution in [0.3, 0.4) is 0 Å². The van der Waals surface area contributed by atoms with E-state index in [1.165, 1.54) is 4.31 Å². The molecule has 0 bridgehead atoms. The van der Waals surface area contributed by atoms with E-state index in [-0.39, 0.29) is 11.4 Å². The molecule has 29 heavy (non-hydrogen) atoms. The maximum Gasteiger partial charge on any atom is 0.321 e. The number of methoxy groups -OCH3 is 1. The number of hydrogen-bond donors (Lipinski definition) is 2. The molecule has 2 aromatic rings. The SMILES string of the molecule is COc1ccc(NC(=O)N2CCC3(CC2)CN(S(N)(=O)=O)c2ccccc23)cc1. The summed E-state index contributed by atoms with van der Waals surface area (Å²) in [5.74, 6) is 0.724. The number of piperidine rings is 1. The lowest BCUT2D eigenvalue weighted by atomic mass is 9.74. The lowest BCUT2D eigenvalue weighted by Gasteiger charge is -2.39. The molecule has 0 radical (unpaired) electrons. The second-order valence-corrected chi connectivity index (χ2v) is 8.97. The number of nitrogens with zero attached hydrogens (tertiary/aromatic N) is 2. The number of nitrogens with two attached hydrogens (primary N) is 1. The Kier molecular flexibility index (Phi) is 4.87. The zero-order valence-electron chi connectivity index (χ0n) is 16.2. The lowest BCUT2D eigenvalue weighted by Crippen LogP contribution is -2.49. The Hall–Kier alpha value is -2.78. The van der Waals surface area contributed by atoms with Gasteiger partial charge in [0.1, 0.15) is 5.75 Å². The normalized spacial score (nSPS) is 17.9. The van der Waals surface area contributed by atoms with Crippen molar-refractivity contribution in [2.24, 2.45) is 5.14 Å². The molecule has 0 saturated carbocycles. The first-order valence-corrected chi connectivity index (χ1v) is 10.9. The smallest absolute Gasteiger partial charge is 0.321 e. The fourth-order valence-corrected chi connectivity index (χ4v) is 5.11. The molecule has 2 heterocycles. The van der Waals surface area contributed by atoms with Crippen LogP contribution in [0.1, 0.15) is 18.4 Å². The van der Waals surface area contributed by atoms with Gasteiger partial charge in [-0.25, -0.2) is 9.93 Å². The first-order chi connectivity index (χ1) is 13.8. The Morgan fingerprint density at radius 1 is 1.10 bits per heavy atom.